The lowest BCUT2D eigenvalue weighted by Gasteiger charge is -2.05. The van der Waals surface area contributed by atoms with Crippen molar-refractivity contribution >= 4 is 34.1 Å². The van der Waals surface area contributed by atoms with Crippen LogP contribution in [0.1, 0.15) is 6.92 Å². The molecular formula is C10H13NO3S2. The smallest absolute Gasteiger partial charge is 0.234 e. The first-order valence-electron chi connectivity index (χ1n) is 4.73. The summed E-state index contributed by atoms with van der Waals surface area (Å²) in [4.78, 5) is 11.3. The third-order valence-corrected chi connectivity index (χ3v) is 4.06. The lowest BCUT2D eigenvalue weighted by molar-refractivity contribution is -0.113. The van der Waals surface area contributed by atoms with Crippen LogP contribution in [-0.4, -0.2) is 25.8 Å². The van der Waals surface area contributed by atoms with Crippen LogP contribution in [0.25, 0.3) is 0 Å². The van der Waals surface area contributed by atoms with Gasteiger partial charge in [0.1, 0.15) is 0 Å². The summed E-state index contributed by atoms with van der Waals surface area (Å²) in [6, 6.07) is 6.08. The van der Waals surface area contributed by atoms with Crippen molar-refractivity contribution < 1.29 is 13.2 Å². The molecule has 0 aliphatic heterocycles. The molecule has 0 aliphatic rings. The van der Waals surface area contributed by atoms with E-state index in [1.807, 2.05) is 0 Å². The number of thiol groups is 1. The number of carbonyl (C=O) groups is 1. The largest absolute Gasteiger partial charge is 0.325 e. The van der Waals surface area contributed by atoms with E-state index in [2.05, 4.69) is 17.9 Å². The molecule has 0 aliphatic carbocycles. The molecule has 0 heterocycles. The maximum absolute atomic E-state index is 11.5. The Hall–Kier alpha value is -1.01. The Kier molecular flexibility index (Phi) is 4.37. The molecule has 0 spiro atoms. The minimum Gasteiger partial charge on any atom is -0.325 e. The van der Waals surface area contributed by atoms with Gasteiger partial charge in [-0.25, -0.2) is 8.42 Å². The van der Waals surface area contributed by atoms with Gasteiger partial charge in [-0.2, -0.15) is 12.6 Å². The highest BCUT2D eigenvalue weighted by molar-refractivity contribution is 7.91. The number of rotatable bonds is 4. The first-order chi connectivity index (χ1) is 7.49. The molecule has 0 saturated carbocycles. The normalized spacial score (nSPS) is 11.1. The molecular weight excluding hydrogens is 246 g/mol. The zero-order valence-corrected chi connectivity index (χ0v) is 10.5. The molecule has 0 fully saturated rings. The molecule has 1 aromatic rings. The number of carbonyl (C=O) groups excluding carboxylic acids is 1. The standard InChI is InChI=1S/C10H13NO3S2/c1-2-16(13,14)9-5-3-8(4-6-9)11-10(12)7-15/h3-6,15H,2,7H2,1H3,(H,11,12). The van der Waals surface area contributed by atoms with Crippen LogP contribution in [0.5, 0.6) is 0 Å². The van der Waals surface area contributed by atoms with Crippen LogP contribution in [-0.2, 0) is 14.6 Å². The van der Waals surface area contributed by atoms with Gasteiger partial charge in [-0.1, -0.05) is 6.92 Å². The zero-order valence-electron chi connectivity index (χ0n) is 8.80. The van der Waals surface area contributed by atoms with Crippen LogP contribution in [0.3, 0.4) is 0 Å². The van der Waals surface area contributed by atoms with Gasteiger partial charge in [-0.15, -0.1) is 0 Å². The summed E-state index contributed by atoms with van der Waals surface area (Å²) in [6.45, 7) is 1.59. The molecule has 1 amide bonds. The van der Waals surface area contributed by atoms with Crippen LogP contribution < -0.4 is 5.32 Å². The minimum absolute atomic E-state index is 0.0648. The van der Waals surface area contributed by atoms with E-state index in [4.69, 9.17) is 0 Å². The van der Waals surface area contributed by atoms with E-state index in [9.17, 15) is 13.2 Å². The van der Waals surface area contributed by atoms with Gasteiger partial charge in [-0.3, -0.25) is 4.79 Å². The third-order valence-electron chi connectivity index (χ3n) is 2.02. The van der Waals surface area contributed by atoms with Crippen molar-refractivity contribution in [2.75, 3.05) is 16.8 Å². The predicted molar refractivity (Wildman–Crippen MR) is 66.7 cm³/mol. The second kappa shape index (κ2) is 5.36. The molecule has 4 nitrogen and oxygen atoms in total. The van der Waals surface area contributed by atoms with E-state index < -0.39 is 9.84 Å². The van der Waals surface area contributed by atoms with Crippen molar-refractivity contribution in [3.05, 3.63) is 24.3 Å². The van der Waals surface area contributed by atoms with E-state index in [0.717, 1.165) is 0 Å². The summed E-state index contributed by atoms with van der Waals surface area (Å²) in [5, 5.41) is 2.58. The van der Waals surface area contributed by atoms with Crippen molar-refractivity contribution in [2.45, 2.75) is 11.8 Å². The summed E-state index contributed by atoms with van der Waals surface area (Å²) in [6.07, 6.45) is 0. The number of anilines is 1. The molecule has 0 bridgehead atoms. The number of amides is 1. The molecule has 1 aromatic carbocycles. The van der Waals surface area contributed by atoms with E-state index in [0.29, 0.717) is 5.69 Å². The fourth-order valence-electron chi connectivity index (χ4n) is 1.11. The number of hydrogen-bond donors (Lipinski definition) is 2. The van der Waals surface area contributed by atoms with Gasteiger partial charge in [-0.05, 0) is 24.3 Å². The Labute approximate surface area is 100 Å². The second-order valence-corrected chi connectivity index (χ2v) is 5.73. The summed E-state index contributed by atoms with van der Waals surface area (Å²) >= 11 is 3.82. The van der Waals surface area contributed by atoms with Gasteiger partial charge in [0.15, 0.2) is 9.84 Å². The fourth-order valence-corrected chi connectivity index (χ4v) is 2.08. The van der Waals surface area contributed by atoms with Gasteiger partial charge in [0.05, 0.1) is 16.4 Å². The number of benzene rings is 1. The Bertz CT molecular complexity index is 465. The first kappa shape index (κ1) is 13.1. The van der Waals surface area contributed by atoms with Crippen LogP contribution in [0.4, 0.5) is 5.69 Å². The summed E-state index contributed by atoms with van der Waals surface area (Å²) in [5.74, 6) is -0.0703. The summed E-state index contributed by atoms with van der Waals surface area (Å²) in [7, 11) is -3.18. The summed E-state index contributed by atoms with van der Waals surface area (Å²) in [5.41, 5.74) is 0.564. The van der Waals surface area contributed by atoms with Gasteiger partial charge in [0.25, 0.3) is 0 Å². The number of sulfone groups is 1. The monoisotopic (exact) mass is 259 g/mol. The third kappa shape index (κ3) is 3.24. The Balaban J connectivity index is 2.88. The molecule has 0 radical (unpaired) electrons. The molecule has 88 valence electrons. The van der Waals surface area contributed by atoms with Crippen molar-refractivity contribution in [1.82, 2.24) is 0 Å². The van der Waals surface area contributed by atoms with Crippen LogP contribution >= 0.6 is 12.6 Å². The topological polar surface area (TPSA) is 63.2 Å². The second-order valence-electron chi connectivity index (χ2n) is 3.13. The average molecular weight is 259 g/mol. The van der Waals surface area contributed by atoms with Gasteiger partial charge < -0.3 is 5.32 Å². The Morgan fingerprint density at radius 3 is 2.31 bits per heavy atom. The van der Waals surface area contributed by atoms with E-state index >= 15 is 0 Å². The van der Waals surface area contributed by atoms with Gasteiger partial charge in [0.2, 0.25) is 5.91 Å². The lowest BCUT2D eigenvalue weighted by Crippen LogP contribution is -2.12. The van der Waals surface area contributed by atoms with Gasteiger partial charge >= 0.3 is 0 Å². The SMILES string of the molecule is CCS(=O)(=O)c1ccc(NC(=O)CS)cc1. The van der Waals surface area contributed by atoms with Crippen molar-refractivity contribution in [2.24, 2.45) is 0 Å². The maximum atomic E-state index is 11.5. The molecule has 6 heteroatoms. The minimum atomic E-state index is -3.18. The molecule has 0 aromatic heterocycles. The average Bonchev–Trinajstić information content (AvgIpc) is 2.29. The molecule has 1 rings (SSSR count). The molecule has 1 N–H and O–H groups in total. The molecule has 16 heavy (non-hydrogen) atoms. The maximum Gasteiger partial charge on any atom is 0.234 e. The fraction of sp³-hybridized carbons (Fsp3) is 0.300. The van der Waals surface area contributed by atoms with Crippen LogP contribution in [0, 0.1) is 0 Å². The van der Waals surface area contributed by atoms with Crippen molar-refractivity contribution in [1.29, 1.82) is 0 Å². The molecule has 0 saturated heterocycles. The number of nitrogens with one attached hydrogen (secondary N) is 1. The van der Waals surface area contributed by atoms with Crippen molar-refractivity contribution in [3.63, 3.8) is 0 Å². The molecule has 0 unspecified atom stereocenters. The van der Waals surface area contributed by atoms with E-state index in [-0.39, 0.29) is 22.3 Å². The number of hydrogen-bond acceptors (Lipinski definition) is 4. The first-order valence-corrected chi connectivity index (χ1v) is 7.01. The van der Waals surface area contributed by atoms with Crippen LogP contribution in [0.2, 0.25) is 0 Å². The van der Waals surface area contributed by atoms with Crippen LogP contribution in [0.15, 0.2) is 29.2 Å². The Morgan fingerprint density at radius 2 is 1.88 bits per heavy atom. The highest BCUT2D eigenvalue weighted by Crippen LogP contribution is 2.15. The van der Waals surface area contributed by atoms with Crippen molar-refractivity contribution in [3.8, 4) is 0 Å². The molecule has 0 atom stereocenters. The highest BCUT2D eigenvalue weighted by Gasteiger charge is 2.10. The van der Waals surface area contributed by atoms with E-state index in [1.54, 1.807) is 19.1 Å². The van der Waals surface area contributed by atoms with Gasteiger partial charge in [0, 0.05) is 5.69 Å². The zero-order chi connectivity index (χ0) is 12.2. The van der Waals surface area contributed by atoms with E-state index in [1.165, 1.54) is 12.1 Å². The predicted octanol–water partition coefficient (Wildman–Crippen LogP) is 1.35. The summed E-state index contributed by atoms with van der Waals surface area (Å²) < 4.78 is 23.0. The highest BCUT2D eigenvalue weighted by atomic mass is 32.2. The lowest BCUT2D eigenvalue weighted by atomic mass is 10.3. The quantitative estimate of drug-likeness (QED) is 0.802. The Morgan fingerprint density at radius 1 is 1.31 bits per heavy atom.